The van der Waals surface area contributed by atoms with Crippen LogP contribution in [0.3, 0.4) is 0 Å². The molecule has 0 bridgehead atoms. The molecular weight excluding hydrogens is 362 g/mol. The number of nitrogens with one attached hydrogen (secondary N) is 1. The number of aryl methyl sites for hydroxylation is 2. The molecule has 1 heterocycles. The smallest absolute Gasteiger partial charge is 0.259 e. The van der Waals surface area contributed by atoms with E-state index in [9.17, 15) is 9.90 Å². The lowest BCUT2D eigenvalue weighted by Gasteiger charge is -2.11. The molecule has 0 unspecified atom stereocenters. The topological polar surface area (TPSA) is 67.2 Å². The third-order valence-electron chi connectivity index (χ3n) is 4.82. The number of hydrogen-bond acceptors (Lipinski definition) is 3. The second-order valence-electron chi connectivity index (χ2n) is 7.04. The molecular formula is C21H20ClN3O2. The standard InChI is InChI=1S/C21H20ClN3O2/c1-12-3-8-19(26)18(9-12)24-21(27)16-11-23-25(20(16)14-5-6-14)15-7-4-13(2)17(22)10-15/h3-4,7-11,14,26H,5-6H2,1-2H3,(H,24,27). The Morgan fingerprint density at radius 3 is 2.70 bits per heavy atom. The van der Waals surface area contributed by atoms with Crippen molar-refractivity contribution in [3.8, 4) is 11.4 Å². The van der Waals surface area contributed by atoms with Gasteiger partial charge in [0.05, 0.1) is 28.8 Å². The highest BCUT2D eigenvalue weighted by Gasteiger charge is 2.33. The number of halogens is 1. The molecule has 1 aromatic heterocycles. The molecule has 27 heavy (non-hydrogen) atoms. The van der Waals surface area contributed by atoms with E-state index in [-0.39, 0.29) is 11.7 Å². The molecule has 5 nitrogen and oxygen atoms in total. The number of phenolic OH excluding ortho intramolecular Hbond substituents is 1. The Balaban J connectivity index is 1.71. The highest BCUT2D eigenvalue weighted by atomic mass is 35.5. The summed E-state index contributed by atoms with van der Waals surface area (Å²) in [7, 11) is 0. The van der Waals surface area contributed by atoms with Crippen molar-refractivity contribution in [2.45, 2.75) is 32.6 Å². The Morgan fingerprint density at radius 2 is 2.00 bits per heavy atom. The monoisotopic (exact) mass is 381 g/mol. The van der Waals surface area contributed by atoms with Gasteiger partial charge >= 0.3 is 0 Å². The lowest BCUT2D eigenvalue weighted by atomic mass is 10.1. The van der Waals surface area contributed by atoms with E-state index in [1.54, 1.807) is 29.1 Å². The van der Waals surface area contributed by atoms with Crippen molar-refractivity contribution < 1.29 is 9.90 Å². The van der Waals surface area contributed by atoms with E-state index in [1.807, 2.05) is 32.0 Å². The van der Waals surface area contributed by atoms with Crippen LogP contribution in [0.5, 0.6) is 5.75 Å². The molecule has 0 aliphatic heterocycles. The number of benzene rings is 2. The minimum Gasteiger partial charge on any atom is -0.506 e. The first-order valence-corrected chi connectivity index (χ1v) is 9.27. The Hall–Kier alpha value is -2.79. The van der Waals surface area contributed by atoms with Crippen molar-refractivity contribution >= 4 is 23.2 Å². The molecule has 138 valence electrons. The summed E-state index contributed by atoms with van der Waals surface area (Å²) in [6.45, 7) is 3.86. The minimum atomic E-state index is -0.276. The molecule has 1 amide bonds. The van der Waals surface area contributed by atoms with E-state index in [0.717, 1.165) is 35.3 Å². The van der Waals surface area contributed by atoms with Gasteiger partial charge in [-0.15, -0.1) is 0 Å². The van der Waals surface area contributed by atoms with Gasteiger partial charge in [0.2, 0.25) is 0 Å². The molecule has 4 rings (SSSR count). The number of carbonyl (C=O) groups excluding carboxylic acids is 1. The fourth-order valence-electron chi connectivity index (χ4n) is 3.14. The maximum atomic E-state index is 12.9. The maximum Gasteiger partial charge on any atom is 0.259 e. The second kappa shape index (κ2) is 6.74. The lowest BCUT2D eigenvalue weighted by Crippen LogP contribution is -2.14. The van der Waals surface area contributed by atoms with Gasteiger partial charge in [0.15, 0.2) is 0 Å². The van der Waals surface area contributed by atoms with Crippen LogP contribution in [0.25, 0.3) is 5.69 Å². The summed E-state index contributed by atoms with van der Waals surface area (Å²) in [5.41, 5.74) is 4.59. The van der Waals surface area contributed by atoms with Crippen molar-refractivity contribution in [2.24, 2.45) is 0 Å². The summed E-state index contributed by atoms with van der Waals surface area (Å²) in [4.78, 5) is 12.9. The third kappa shape index (κ3) is 3.43. The van der Waals surface area contributed by atoms with Crippen LogP contribution in [0.4, 0.5) is 5.69 Å². The van der Waals surface area contributed by atoms with E-state index >= 15 is 0 Å². The first-order chi connectivity index (χ1) is 12.9. The van der Waals surface area contributed by atoms with Crippen molar-refractivity contribution in [3.63, 3.8) is 0 Å². The molecule has 1 saturated carbocycles. The highest BCUT2D eigenvalue weighted by molar-refractivity contribution is 6.31. The van der Waals surface area contributed by atoms with E-state index in [4.69, 9.17) is 11.6 Å². The van der Waals surface area contributed by atoms with Gasteiger partial charge in [-0.1, -0.05) is 23.7 Å². The van der Waals surface area contributed by atoms with Crippen LogP contribution in [0.2, 0.25) is 5.02 Å². The Morgan fingerprint density at radius 1 is 1.22 bits per heavy atom. The predicted octanol–water partition coefficient (Wildman–Crippen LogP) is 4.98. The van der Waals surface area contributed by atoms with Gasteiger partial charge in [0, 0.05) is 10.9 Å². The molecule has 2 N–H and O–H groups in total. The number of aromatic hydroxyl groups is 1. The quantitative estimate of drug-likeness (QED) is 0.626. The number of amides is 1. The highest BCUT2D eigenvalue weighted by Crippen LogP contribution is 2.43. The van der Waals surface area contributed by atoms with Gasteiger partial charge in [0.1, 0.15) is 5.75 Å². The van der Waals surface area contributed by atoms with Gasteiger partial charge in [-0.05, 0) is 62.1 Å². The average Bonchev–Trinajstić information content (AvgIpc) is 3.38. The van der Waals surface area contributed by atoms with E-state index in [1.165, 1.54) is 0 Å². The van der Waals surface area contributed by atoms with Gasteiger partial charge in [-0.25, -0.2) is 4.68 Å². The molecule has 0 atom stereocenters. The molecule has 1 aliphatic carbocycles. The van der Waals surface area contributed by atoms with E-state index in [0.29, 0.717) is 22.2 Å². The zero-order chi connectivity index (χ0) is 19.1. The molecule has 3 aromatic rings. The largest absolute Gasteiger partial charge is 0.506 e. The van der Waals surface area contributed by atoms with Gasteiger partial charge in [-0.3, -0.25) is 4.79 Å². The van der Waals surface area contributed by atoms with E-state index < -0.39 is 0 Å². The Kier molecular flexibility index (Phi) is 4.40. The number of nitrogens with zero attached hydrogens (tertiary/aromatic N) is 2. The van der Waals surface area contributed by atoms with E-state index in [2.05, 4.69) is 10.4 Å². The first kappa shape index (κ1) is 17.6. The summed E-state index contributed by atoms with van der Waals surface area (Å²) < 4.78 is 1.80. The number of carbonyl (C=O) groups is 1. The summed E-state index contributed by atoms with van der Waals surface area (Å²) >= 11 is 6.27. The van der Waals surface area contributed by atoms with Crippen LogP contribution >= 0.6 is 11.6 Å². The molecule has 6 heteroatoms. The lowest BCUT2D eigenvalue weighted by molar-refractivity contribution is 0.102. The minimum absolute atomic E-state index is 0.0413. The summed E-state index contributed by atoms with van der Waals surface area (Å²) in [6, 6.07) is 10.9. The number of phenols is 1. The zero-order valence-corrected chi connectivity index (χ0v) is 15.9. The second-order valence-corrected chi connectivity index (χ2v) is 7.44. The predicted molar refractivity (Wildman–Crippen MR) is 106 cm³/mol. The fraction of sp³-hybridized carbons (Fsp3) is 0.238. The normalized spacial score (nSPS) is 13.6. The van der Waals surface area contributed by atoms with Crippen molar-refractivity contribution in [1.82, 2.24) is 9.78 Å². The molecule has 2 aromatic carbocycles. The molecule has 0 saturated heterocycles. The summed E-state index contributed by atoms with van der Waals surface area (Å²) in [5, 5.41) is 17.9. The zero-order valence-electron chi connectivity index (χ0n) is 15.2. The van der Waals surface area contributed by atoms with Crippen molar-refractivity contribution in [1.29, 1.82) is 0 Å². The average molecular weight is 382 g/mol. The number of aromatic nitrogens is 2. The Labute approximate surface area is 162 Å². The Bertz CT molecular complexity index is 1040. The first-order valence-electron chi connectivity index (χ1n) is 8.89. The van der Waals surface area contributed by atoms with Crippen LogP contribution in [-0.4, -0.2) is 20.8 Å². The van der Waals surface area contributed by atoms with Crippen LogP contribution in [0.15, 0.2) is 42.6 Å². The number of hydrogen-bond donors (Lipinski definition) is 2. The maximum absolute atomic E-state index is 12.9. The molecule has 1 fully saturated rings. The fourth-order valence-corrected chi connectivity index (χ4v) is 3.32. The number of rotatable bonds is 4. The molecule has 0 spiro atoms. The third-order valence-corrected chi connectivity index (χ3v) is 5.22. The number of anilines is 1. The SMILES string of the molecule is Cc1ccc(O)c(NC(=O)c2cnn(-c3ccc(C)c(Cl)c3)c2C2CC2)c1. The van der Waals surface area contributed by atoms with Gasteiger partial charge in [0.25, 0.3) is 5.91 Å². The molecule has 1 aliphatic rings. The molecule has 0 radical (unpaired) electrons. The van der Waals surface area contributed by atoms with Crippen LogP contribution < -0.4 is 5.32 Å². The van der Waals surface area contributed by atoms with Crippen LogP contribution in [0, 0.1) is 13.8 Å². The van der Waals surface area contributed by atoms with Crippen molar-refractivity contribution in [3.05, 3.63) is 70.0 Å². The van der Waals surface area contributed by atoms with Gasteiger partial charge in [-0.2, -0.15) is 5.10 Å². The van der Waals surface area contributed by atoms with Crippen LogP contribution in [-0.2, 0) is 0 Å². The van der Waals surface area contributed by atoms with Crippen LogP contribution in [0.1, 0.15) is 45.9 Å². The van der Waals surface area contributed by atoms with Gasteiger partial charge < -0.3 is 10.4 Å². The van der Waals surface area contributed by atoms with Crippen molar-refractivity contribution in [2.75, 3.05) is 5.32 Å². The summed E-state index contributed by atoms with van der Waals surface area (Å²) in [5.74, 6) is 0.0707. The summed E-state index contributed by atoms with van der Waals surface area (Å²) in [6.07, 6.45) is 3.64.